The summed E-state index contributed by atoms with van der Waals surface area (Å²) >= 11 is 0. The predicted molar refractivity (Wildman–Crippen MR) is 96.6 cm³/mol. The lowest BCUT2D eigenvalue weighted by Gasteiger charge is -2.51. The van der Waals surface area contributed by atoms with Crippen LogP contribution in [0.3, 0.4) is 0 Å². The second-order valence-corrected chi connectivity index (χ2v) is 13.8. The van der Waals surface area contributed by atoms with Gasteiger partial charge in [-0.1, -0.05) is 40.2 Å². The van der Waals surface area contributed by atoms with E-state index in [1.807, 2.05) is 0 Å². The second-order valence-electron chi connectivity index (χ2n) is 8.95. The molecule has 1 heteroatoms. The molecule has 0 unspecified atom stereocenters. The van der Waals surface area contributed by atoms with Gasteiger partial charge in [-0.2, -0.15) is 6.66 Å². The summed E-state index contributed by atoms with van der Waals surface area (Å²) < 4.78 is 0. The van der Waals surface area contributed by atoms with Crippen LogP contribution in [-0.4, -0.2) is 10.3 Å². The number of hydrogen-bond acceptors (Lipinski definition) is 0. The van der Waals surface area contributed by atoms with E-state index in [0.29, 0.717) is 0 Å². The van der Waals surface area contributed by atoms with Gasteiger partial charge in [-0.25, -0.2) is 0 Å². The van der Waals surface area contributed by atoms with Crippen molar-refractivity contribution in [1.82, 2.24) is 0 Å². The van der Waals surface area contributed by atoms with Gasteiger partial charge in [0.05, 0.1) is 15.6 Å². The summed E-state index contributed by atoms with van der Waals surface area (Å²) in [5.41, 5.74) is 1.61. The minimum Gasteiger partial charge on any atom is -0.174 e. The molecule has 1 aromatic carbocycles. The third kappa shape index (κ3) is 3.11. The van der Waals surface area contributed by atoms with Crippen molar-refractivity contribution in [2.45, 2.75) is 78.0 Å². The van der Waals surface area contributed by atoms with Gasteiger partial charge in [-0.05, 0) is 64.7 Å². The Morgan fingerprint density at radius 1 is 0.700 bits per heavy atom. The molecule has 0 aliphatic carbocycles. The largest absolute Gasteiger partial charge is 0.174 e. The van der Waals surface area contributed by atoms with Crippen LogP contribution in [0, 0.1) is 6.66 Å². The Kier molecular flexibility index (Phi) is 4.54. The molecule has 0 saturated heterocycles. The molecule has 0 saturated carbocycles. The summed E-state index contributed by atoms with van der Waals surface area (Å²) in [5.74, 6) is 0. The standard InChI is InChI=1S/C19H33P/c1-17(2,3)15-11-13-16(14-12-15)20(10,18(4,5)6)19(7,8)9/h11-14H,10H2,1-9H3. The summed E-state index contributed by atoms with van der Waals surface area (Å²) in [4.78, 5) is 0. The Hall–Kier alpha value is -0.350. The molecule has 1 aromatic rings. The third-order valence-corrected chi connectivity index (χ3v) is 10.2. The topological polar surface area (TPSA) is 0 Å². The molecule has 0 radical (unpaired) electrons. The highest BCUT2D eigenvalue weighted by Gasteiger charge is 2.49. The van der Waals surface area contributed by atoms with Crippen LogP contribution in [0.25, 0.3) is 0 Å². The zero-order valence-electron chi connectivity index (χ0n) is 15.0. The molecule has 114 valence electrons. The van der Waals surface area contributed by atoms with Crippen LogP contribution in [-0.2, 0) is 5.41 Å². The van der Waals surface area contributed by atoms with Crippen LogP contribution in [0.2, 0.25) is 0 Å². The van der Waals surface area contributed by atoms with Crippen LogP contribution in [0.1, 0.15) is 67.9 Å². The van der Waals surface area contributed by atoms with Gasteiger partial charge in [0.25, 0.3) is 0 Å². The molecule has 0 N–H and O–H groups in total. The molecule has 20 heavy (non-hydrogen) atoms. The van der Waals surface area contributed by atoms with Crippen LogP contribution in [0.4, 0.5) is 0 Å². The molecule has 0 fully saturated rings. The molecular formula is C19H33P. The van der Waals surface area contributed by atoms with Crippen LogP contribution in [0.15, 0.2) is 24.3 Å². The smallest absolute Gasteiger partial charge is 0.0656 e. The fourth-order valence-corrected chi connectivity index (χ4v) is 7.22. The van der Waals surface area contributed by atoms with E-state index in [2.05, 4.69) is 86.6 Å². The molecule has 0 aliphatic rings. The Labute approximate surface area is 127 Å². The van der Waals surface area contributed by atoms with E-state index in [-0.39, 0.29) is 15.7 Å². The highest BCUT2D eigenvalue weighted by atomic mass is 31.2. The summed E-state index contributed by atoms with van der Waals surface area (Å²) in [6, 6.07) is 9.26. The van der Waals surface area contributed by atoms with Crippen molar-refractivity contribution >= 4 is 12.6 Å². The molecule has 0 aliphatic heterocycles. The Morgan fingerprint density at radius 3 is 1.30 bits per heavy atom. The Morgan fingerprint density at radius 2 is 1.05 bits per heavy atom. The quantitative estimate of drug-likeness (QED) is 0.439. The van der Waals surface area contributed by atoms with Gasteiger partial charge < -0.3 is 0 Å². The van der Waals surface area contributed by atoms with Gasteiger partial charge in [-0.3, -0.25) is 0 Å². The van der Waals surface area contributed by atoms with Crippen molar-refractivity contribution in [1.29, 1.82) is 0 Å². The number of benzene rings is 1. The lowest BCUT2D eigenvalue weighted by molar-refractivity contribution is 0.590. The van der Waals surface area contributed by atoms with E-state index in [1.54, 1.807) is 0 Å². The number of rotatable bonds is 1. The van der Waals surface area contributed by atoms with Gasteiger partial charge in [0, 0.05) is 0 Å². The molecule has 0 spiro atoms. The SMILES string of the molecule is [CH2-][P+](c1ccc(C(C)(C)C)cc1)(C(C)(C)C)C(C)(C)C. The lowest BCUT2D eigenvalue weighted by Crippen LogP contribution is -2.38. The summed E-state index contributed by atoms with van der Waals surface area (Å²) in [5, 5.41) is 1.88. The number of hydrogen-bond donors (Lipinski definition) is 0. The summed E-state index contributed by atoms with van der Waals surface area (Å²) in [7, 11) is -1.51. The van der Waals surface area contributed by atoms with E-state index < -0.39 is 7.26 Å². The summed E-state index contributed by atoms with van der Waals surface area (Å²) in [6.07, 6.45) is 0. The van der Waals surface area contributed by atoms with E-state index in [0.717, 1.165) is 0 Å². The second kappa shape index (κ2) is 5.13. The zero-order valence-corrected chi connectivity index (χ0v) is 15.9. The fraction of sp³-hybridized carbons (Fsp3) is 0.632. The first kappa shape index (κ1) is 17.7. The first-order valence-corrected chi connectivity index (χ1v) is 9.53. The van der Waals surface area contributed by atoms with Crippen molar-refractivity contribution < 1.29 is 0 Å². The van der Waals surface area contributed by atoms with Gasteiger partial charge in [0.2, 0.25) is 0 Å². The Bertz CT molecular complexity index is 433. The maximum absolute atomic E-state index is 4.79. The zero-order chi connectivity index (χ0) is 16.0. The molecule has 0 amide bonds. The van der Waals surface area contributed by atoms with E-state index in [9.17, 15) is 0 Å². The molecule has 1 rings (SSSR count). The van der Waals surface area contributed by atoms with E-state index in [1.165, 1.54) is 10.9 Å². The summed E-state index contributed by atoms with van der Waals surface area (Å²) in [6.45, 7) is 25.6. The van der Waals surface area contributed by atoms with Gasteiger partial charge in [0.1, 0.15) is 0 Å². The minimum atomic E-state index is -1.51. The maximum atomic E-state index is 4.79. The monoisotopic (exact) mass is 292 g/mol. The first-order chi connectivity index (χ1) is 8.71. The molecule has 0 atom stereocenters. The van der Waals surface area contributed by atoms with Gasteiger partial charge in [-0.15, -0.1) is 0 Å². The minimum absolute atomic E-state index is 0.213. The molecule has 0 nitrogen and oxygen atoms in total. The van der Waals surface area contributed by atoms with Gasteiger partial charge in [0.15, 0.2) is 0 Å². The Balaban J connectivity index is 3.39. The van der Waals surface area contributed by atoms with Gasteiger partial charge >= 0.3 is 0 Å². The highest BCUT2D eigenvalue weighted by Crippen LogP contribution is 2.74. The molecule has 0 heterocycles. The van der Waals surface area contributed by atoms with Crippen LogP contribution < -0.4 is 5.30 Å². The molecule has 0 bridgehead atoms. The predicted octanol–water partition coefficient (Wildman–Crippen LogP) is 6.02. The first-order valence-electron chi connectivity index (χ1n) is 7.56. The lowest BCUT2D eigenvalue weighted by atomic mass is 9.87. The van der Waals surface area contributed by atoms with Crippen molar-refractivity contribution in [2.24, 2.45) is 0 Å². The molecular weight excluding hydrogens is 259 g/mol. The molecule has 0 aromatic heterocycles. The maximum Gasteiger partial charge on any atom is 0.0656 e. The van der Waals surface area contributed by atoms with Crippen molar-refractivity contribution in [3.05, 3.63) is 36.5 Å². The normalized spacial score (nSPS) is 14.5. The van der Waals surface area contributed by atoms with Crippen molar-refractivity contribution in [3.63, 3.8) is 0 Å². The van der Waals surface area contributed by atoms with E-state index >= 15 is 0 Å². The highest BCUT2D eigenvalue weighted by molar-refractivity contribution is 7.86. The fourth-order valence-electron chi connectivity index (χ4n) is 3.00. The average molecular weight is 292 g/mol. The van der Waals surface area contributed by atoms with Crippen molar-refractivity contribution in [2.75, 3.05) is 0 Å². The van der Waals surface area contributed by atoms with Crippen molar-refractivity contribution in [3.8, 4) is 0 Å². The van der Waals surface area contributed by atoms with Crippen LogP contribution >= 0.6 is 7.26 Å². The average Bonchev–Trinajstić information content (AvgIpc) is 2.24. The van der Waals surface area contributed by atoms with E-state index in [4.69, 9.17) is 6.66 Å². The van der Waals surface area contributed by atoms with Crippen LogP contribution in [0.5, 0.6) is 0 Å². The third-order valence-electron chi connectivity index (χ3n) is 4.46.